The molecular weight excluding hydrogens is 304 g/mol. The Balaban J connectivity index is 1.63. The first kappa shape index (κ1) is 16.6. The molecule has 0 saturated carbocycles. The monoisotopic (exact) mass is 328 g/mol. The maximum absolute atomic E-state index is 12.7. The van der Waals surface area contributed by atoms with Crippen LogP contribution in [0.25, 0.3) is 0 Å². The highest BCUT2D eigenvalue weighted by Gasteiger charge is 2.24. The van der Waals surface area contributed by atoms with Gasteiger partial charge in [-0.2, -0.15) is 0 Å². The van der Waals surface area contributed by atoms with E-state index >= 15 is 0 Å². The molecule has 24 heavy (non-hydrogen) atoms. The van der Waals surface area contributed by atoms with Crippen molar-refractivity contribution in [1.82, 2.24) is 30.4 Å². The minimum atomic E-state index is -0.437. The van der Waals surface area contributed by atoms with Crippen LogP contribution in [-0.4, -0.2) is 56.7 Å². The first-order valence-corrected chi connectivity index (χ1v) is 8.52. The van der Waals surface area contributed by atoms with E-state index in [9.17, 15) is 4.79 Å². The molecule has 3 rings (SSSR count). The highest BCUT2D eigenvalue weighted by atomic mass is 16.2. The SMILES string of the molecule is C[C@H](CNC(=O)[C@H](Cc1ccccc1)n1cnnn1)N1CCCC1. The number of nitrogens with one attached hydrogen (secondary N) is 1. The number of aromatic nitrogens is 4. The summed E-state index contributed by atoms with van der Waals surface area (Å²) in [5.41, 5.74) is 1.08. The third-order valence-corrected chi connectivity index (χ3v) is 4.59. The van der Waals surface area contributed by atoms with Gasteiger partial charge in [-0.05, 0) is 48.8 Å². The average Bonchev–Trinajstić information content (AvgIpc) is 3.31. The van der Waals surface area contributed by atoms with E-state index in [1.165, 1.54) is 23.9 Å². The van der Waals surface area contributed by atoms with Gasteiger partial charge >= 0.3 is 0 Å². The number of amides is 1. The zero-order chi connectivity index (χ0) is 16.8. The summed E-state index contributed by atoms with van der Waals surface area (Å²) in [5.74, 6) is -0.0443. The van der Waals surface area contributed by atoms with Gasteiger partial charge in [-0.15, -0.1) is 5.10 Å². The fourth-order valence-electron chi connectivity index (χ4n) is 3.13. The van der Waals surface area contributed by atoms with Crippen molar-refractivity contribution in [2.45, 2.75) is 38.3 Å². The normalized spacial score (nSPS) is 17.5. The van der Waals surface area contributed by atoms with Crippen molar-refractivity contribution >= 4 is 5.91 Å². The van der Waals surface area contributed by atoms with Gasteiger partial charge in [-0.3, -0.25) is 9.69 Å². The second-order valence-electron chi connectivity index (χ2n) is 6.33. The lowest BCUT2D eigenvalue weighted by Gasteiger charge is -2.25. The molecule has 1 aromatic carbocycles. The van der Waals surface area contributed by atoms with E-state index in [2.05, 4.69) is 32.7 Å². The van der Waals surface area contributed by atoms with Crippen molar-refractivity contribution in [1.29, 1.82) is 0 Å². The summed E-state index contributed by atoms with van der Waals surface area (Å²) in [6, 6.07) is 9.84. The molecule has 1 aliphatic rings. The highest BCUT2D eigenvalue weighted by molar-refractivity contribution is 5.80. The second kappa shape index (κ2) is 8.01. The molecule has 2 aromatic rings. The molecule has 0 bridgehead atoms. The Labute approximate surface area is 142 Å². The summed E-state index contributed by atoms with van der Waals surface area (Å²) in [5, 5.41) is 14.3. The van der Waals surface area contributed by atoms with Crippen LogP contribution in [0.4, 0.5) is 0 Å². The average molecular weight is 328 g/mol. The molecule has 1 fully saturated rings. The summed E-state index contributed by atoms with van der Waals surface area (Å²) in [6.07, 6.45) is 4.56. The zero-order valence-corrected chi connectivity index (χ0v) is 14.0. The van der Waals surface area contributed by atoms with Gasteiger partial charge in [0.15, 0.2) is 0 Å². The Hall–Kier alpha value is -2.28. The molecule has 1 saturated heterocycles. The fraction of sp³-hybridized carbons (Fsp3) is 0.529. The lowest BCUT2D eigenvalue weighted by molar-refractivity contribution is -0.124. The highest BCUT2D eigenvalue weighted by Crippen LogP contribution is 2.14. The van der Waals surface area contributed by atoms with E-state index in [-0.39, 0.29) is 5.91 Å². The predicted molar refractivity (Wildman–Crippen MR) is 90.3 cm³/mol. The molecule has 1 amide bonds. The third-order valence-electron chi connectivity index (χ3n) is 4.59. The largest absolute Gasteiger partial charge is 0.353 e. The van der Waals surface area contributed by atoms with Crippen molar-refractivity contribution in [2.24, 2.45) is 0 Å². The van der Waals surface area contributed by atoms with Gasteiger partial charge in [0.05, 0.1) is 0 Å². The van der Waals surface area contributed by atoms with Crippen LogP contribution in [0.1, 0.15) is 31.4 Å². The molecule has 0 aliphatic carbocycles. The van der Waals surface area contributed by atoms with E-state index in [1.54, 1.807) is 0 Å². The van der Waals surface area contributed by atoms with Gasteiger partial charge in [-0.1, -0.05) is 30.3 Å². The molecule has 0 unspecified atom stereocenters. The Morgan fingerprint density at radius 3 is 2.67 bits per heavy atom. The Morgan fingerprint density at radius 1 is 1.25 bits per heavy atom. The lowest BCUT2D eigenvalue weighted by atomic mass is 10.1. The Kier molecular flexibility index (Phi) is 5.53. The molecule has 1 aliphatic heterocycles. The van der Waals surface area contributed by atoms with Crippen molar-refractivity contribution < 1.29 is 4.79 Å². The maximum Gasteiger partial charge on any atom is 0.245 e. The molecule has 0 spiro atoms. The van der Waals surface area contributed by atoms with Crippen molar-refractivity contribution in [3.63, 3.8) is 0 Å². The molecule has 2 atom stereocenters. The summed E-state index contributed by atoms with van der Waals surface area (Å²) < 4.78 is 1.53. The van der Waals surface area contributed by atoms with Crippen molar-refractivity contribution in [3.05, 3.63) is 42.2 Å². The molecule has 1 aromatic heterocycles. The number of tetrazole rings is 1. The number of carbonyl (C=O) groups is 1. The molecular formula is C17H24N6O. The third kappa shape index (κ3) is 4.17. The minimum Gasteiger partial charge on any atom is -0.353 e. The summed E-state index contributed by atoms with van der Waals surface area (Å²) in [4.78, 5) is 15.1. The second-order valence-corrected chi connectivity index (χ2v) is 6.33. The van der Waals surface area contributed by atoms with Crippen LogP contribution in [0.3, 0.4) is 0 Å². The minimum absolute atomic E-state index is 0.0443. The Morgan fingerprint density at radius 2 is 2.00 bits per heavy atom. The lowest BCUT2D eigenvalue weighted by Crippen LogP contribution is -2.43. The predicted octanol–water partition coefficient (Wildman–Crippen LogP) is 1.06. The van der Waals surface area contributed by atoms with Gasteiger partial charge in [0.2, 0.25) is 5.91 Å². The fourth-order valence-corrected chi connectivity index (χ4v) is 3.13. The molecule has 2 heterocycles. The van der Waals surface area contributed by atoms with Crippen LogP contribution in [0, 0.1) is 0 Å². The van der Waals surface area contributed by atoms with Gasteiger partial charge in [0, 0.05) is 19.0 Å². The summed E-state index contributed by atoms with van der Waals surface area (Å²) in [6.45, 7) is 5.05. The Bertz CT molecular complexity index is 624. The van der Waals surface area contributed by atoms with Crippen molar-refractivity contribution in [2.75, 3.05) is 19.6 Å². The van der Waals surface area contributed by atoms with E-state index in [4.69, 9.17) is 0 Å². The van der Waals surface area contributed by atoms with Gasteiger partial charge in [-0.25, -0.2) is 4.68 Å². The molecule has 0 radical (unpaired) electrons. The van der Waals surface area contributed by atoms with E-state index in [0.717, 1.165) is 18.7 Å². The number of nitrogens with zero attached hydrogens (tertiary/aromatic N) is 5. The molecule has 7 heteroatoms. The quantitative estimate of drug-likeness (QED) is 0.822. The summed E-state index contributed by atoms with van der Waals surface area (Å²) in [7, 11) is 0. The molecule has 7 nitrogen and oxygen atoms in total. The number of rotatable bonds is 7. The van der Waals surface area contributed by atoms with Crippen LogP contribution < -0.4 is 5.32 Å². The molecule has 128 valence electrons. The first-order chi connectivity index (χ1) is 11.7. The zero-order valence-electron chi connectivity index (χ0n) is 14.0. The maximum atomic E-state index is 12.7. The number of carbonyl (C=O) groups excluding carboxylic acids is 1. The number of benzene rings is 1. The van der Waals surface area contributed by atoms with Crippen LogP contribution >= 0.6 is 0 Å². The van der Waals surface area contributed by atoms with Crippen molar-refractivity contribution in [3.8, 4) is 0 Å². The number of likely N-dealkylation sites (tertiary alicyclic amines) is 1. The van der Waals surface area contributed by atoms with Crippen LogP contribution in [0.15, 0.2) is 36.7 Å². The standard InChI is InChI=1S/C17H24N6O/c1-14(22-9-5-6-10-22)12-18-17(24)16(23-13-19-20-21-23)11-15-7-3-2-4-8-15/h2-4,7-8,13-14,16H,5-6,9-12H2,1H3,(H,18,24)/t14-,16+/m1/s1. The smallest absolute Gasteiger partial charge is 0.245 e. The first-order valence-electron chi connectivity index (χ1n) is 8.52. The van der Waals surface area contributed by atoms with Gasteiger partial charge in [0.25, 0.3) is 0 Å². The van der Waals surface area contributed by atoms with E-state index < -0.39 is 6.04 Å². The van der Waals surface area contributed by atoms with Crippen LogP contribution in [0.5, 0.6) is 0 Å². The van der Waals surface area contributed by atoms with Gasteiger partial charge in [0.1, 0.15) is 12.4 Å². The summed E-state index contributed by atoms with van der Waals surface area (Å²) >= 11 is 0. The van der Waals surface area contributed by atoms with E-state index in [1.807, 2.05) is 30.3 Å². The van der Waals surface area contributed by atoms with Gasteiger partial charge < -0.3 is 5.32 Å². The number of hydrogen-bond donors (Lipinski definition) is 1. The van der Waals surface area contributed by atoms with Crippen LogP contribution in [-0.2, 0) is 11.2 Å². The number of hydrogen-bond acceptors (Lipinski definition) is 5. The van der Waals surface area contributed by atoms with E-state index in [0.29, 0.717) is 19.0 Å². The van der Waals surface area contributed by atoms with Crippen LogP contribution in [0.2, 0.25) is 0 Å². The molecule has 1 N–H and O–H groups in total. The topological polar surface area (TPSA) is 75.9 Å².